The number of hydrogen-bond donors (Lipinski definition) is 2. The van der Waals surface area contributed by atoms with E-state index in [4.69, 9.17) is 16.3 Å². The Morgan fingerprint density at radius 2 is 1.95 bits per heavy atom. The van der Waals surface area contributed by atoms with Crippen LogP contribution in [0, 0.1) is 0 Å². The average Bonchev–Trinajstić information content (AvgIpc) is 3.16. The third-order valence-corrected chi connectivity index (χ3v) is 3.70. The van der Waals surface area contributed by atoms with Gasteiger partial charge in [-0.2, -0.15) is 0 Å². The Morgan fingerprint density at radius 3 is 2.47 bits per heavy atom. The van der Waals surface area contributed by atoms with Gasteiger partial charge >= 0.3 is 0 Å². The Morgan fingerprint density at radius 1 is 1.32 bits per heavy atom. The molecule has 0 aromatic heterocycles. The van der Waals surface area contributed by atoms with Crippen molar-refractivity contribution in [3.8, 4) is 0 Å². The van der Waals surface area contributed by atoms with Crippen LogP contribution in [-0.2, 0) is 10.3 Å². The molecule has 0 radical (unpaired) electrons. The average molecular weight is 284 g/mol. The Kier molecular flexibility index (Phi) is 4.85. The molecule has 1 aromatic carbocycles. The molecule has 106 valence electrons. The smallest absolute Gasteiger partial charge is 0.0898 e. The fourth-order valence-electron chi connectivity index (χ4n) is 2.14. The number of rotatable bonds is 7. The highest BCUT2D eigenvalue weighted by Crippen LogP contribution is 2.45. The van der Waals surface area contributed by atoms with Gasteiger partial charge in [-0.1, -0.05) is 23.7 Å². The quantitative estimate of drug-likeness (QED) is 0.808. The number of ether oxygens (including phenoxy) is 1. The predicted molar refractivity (Wildman–Crippen MR) is 77.5 cm³/mol. The molecule has 4 heteroatoms. The zero-order valence-corrected chi connectivity index (χ0v) is 12.3. The molecule has 1 fully saturated rings. The first-order valence-corrected chi connectivity index (χ1v) is 7.20. The van der Waals surface area contributed by atoms with Crippen LogP contribution in [0.15, 0.2) is 24.3 Å². The lowest BCUT2D eigenvalue weighted by atomic mass is 10.0. The lowest BCUT2D eigenvalue weighted by Crippen LogP contribution is -2.38. The lowest BCUT2D eigenvalue weighted by Gasteiger charge is -2.21. The second-order valence-corrected chi connectivity index (χ2v) is 5.94. The molecule has 0 saturated heterocycles. The third kappa shape index (κ3) is 4.18. The van der Waals surface area contributed by atoms with Crippen molar-refractivity contribution in [2.45, 2.75) is 44.4 Å². The van der Waals surface area contributed by atoms with Crippen LogP contribution < -0.4 is 5.32 Å². The minimum atomic E-state index is -0.466. The summed E-state index contributed by atoms with van der Waals surface area (Å²) in [6, 6.07) is 7.94. The van der Waals surface area contributed by atoms with E-state index in [1.54, 1.807) is 0 Å². The summed E-state index contributed by atoms with van der Waals surface area (Å²) in [5, 5.41) is 14.1. The van der Waals surface area contributed by atoms with Gasteiger partial charge in [0.1, 0.15) is 0 Å². The highest BCUT2D eigenvalue weighted by molar-refractivity contribution is 6.30. The first-order chi connectivity index (χ1) is 9.02. The van der Waals surface area contributed by atoms with Gasteiger partial charge in [0.2, 0.25) is 0 Å². The molecule has 19 heavy (non-hydrogen) atoms. The van der Waals surface area contributed by atoms with E-state index in [0.29, 0.717) is 13.2 Å². The van der Waals surface area contributed by atoms with Crippen molar-refractivity contribution in [3.05, 3.63) is 34.9 Å². The molecule has 1 aliphatic carbocycles. The highest BCUT2D eigenvalue weighted by atomic mass is 35.5. The Balaban J connectivity index is 1.83. The second-order valence-electron chi connectivity index (χ2n) is 5.51. The standard InChI is InChI=1S/C15H22ClNO2/c1-11(2)19-10-14(18)9-17-15(7-8-15)12-3-5-13(16)6-4-12/h3-6,11,14,17-18H,7-10H2,1-2H3. The molecular weight excluding hydrogens is 262 g/mol. The molecule has 0 aliphatic heterocycles. The largest absolute Gasteiger partial charge is 0.389 e. The number of benzene rings is 1. The molecule has 1 aromatic rings. The molecule has 0 bridgehead atoms. The topological polar surface area (TPSA) is 41.5 Å². The third-order valence-electron chi connectivity index (χ3n) is 3.44. The van der Waals surface area contributed by atoms with E-state index in [1.807, 2.05) is 26.0 Å². The maximum absolute atomic E-state index is 9.87. The van der Waals surface area contributed by atoms with E-state index in [2.05, 4.69) is 17.4 Å². The van der Waals surface area contributed by atoms with Gasteiger partial charge in [0, 0.05) is 17.1 Å². The summed E-state index contributed by atoms with van der Waals surface area (Å²) >= 11 is 5.90. The SMILES string of the molecule is CC(C)OCC(O)CNC1(c2ccc(Cl)cc2)CC1. The minimum Gasteiger partial charge on any atom is -0.389 e. The molecule has 1 unspecified atom stereocenters. The van der Waals surface area contributed by atoms with Crippen molar-refractivity contribution in [3.63, 3.8) is 0 Å². The minimum absolute atomic E-state index is 0.0312. The lowest BCUT2D eigenvalue weighted by molar-refractivity contribution is 0.00503. The van der Waals surface area contributed by atoms with Crippen molar-refractivity contribution < 1.29 is 9.84 Å². The van der Waals surface area contributed by atoms with Crippen LogP contribution in [0.5, 0.6) is 0 Å². The van der Waals surface area contributed by atoms with Gasteiger partial charge in [-0.05, 0) is 44.4 Å². The summed E-state index contributed by atoms with van der Waals surface area (Å²) in [4.78, 5) is 0. The van der Waals surface area contributed by atoms with Gasteiger partial charge in [-0.15, -0.1) is 0 Å². The van der Waals surface area contributed by atoms with E-state index >= 15 is 0 Å². The van der Waals surface area contributed by atoms with Gasteiger partial charge in [0.05, 0.1) is 18.8 Å². The van der Waals surface area contributed by atoms with Crippen molar-refractivity contribution in [2.75, 3.05) is 13.2 Å². The van der Waals surface area contributed by atoms with Crippen molar-refractivity contribution in [1.29, 1.82) is 0 Å². The van der Waals surface area contributed by atoms with Gasteiger partial charge in [0.15, 0.2) is 0 Å². The Hall–Kier alpha value is -0.610. The van der Waals surface area contributed by atoms with E-state index in [0.717, 1.165) is 17.9 Å². The Labute approximate surface area is 119 Å². The molecule has 0 heterocycles. The molecule has 2 N–H and O–H groups in total. The first kappa shape index (κ1) is 14.8. The molecule has 0 amide bonds. The van der Waals surface area contributed by atoms with Crippen molar-refractivity contribution >= 4 is 11.6 Å². The molecule has 2 rings (SSSR count). The number of aliphatic hydroxyl groups is 1. The maximum Gasteiger partial charge on any atom is 0.0898 e. The van der Waals surface area contributed by atoms with E-state index < -0.39 is 6.10 Å². The van der Waals surface area contributed by atoms with Crippen LogP contribution in [0.4, 0.5) is 0 Å². The monoisotopic (exact) mass is 283 g/mol. The fourth-order valence-corrected chi connectivity index (χ4v) is 2.26. The van der Waals surface area contributed by atoms with E-state index in [-0.39, 0.29) is 11.6 Å². The second kappa shape index (κ2) is 6.23. The normalized spacial score (nSPS) is 18.6. The molecule has 0 spiro atoms. The van der Waals surface area contributed by atoms with E-state index in [1.165, 1.54) is 5.56 Å². The van der Waals surface area contributed by atoms with Gasteiger partial charge in [0.25, 0.3) is 0 Å². The predicted octanol–water partition coefficient (Wildman–Crippen LogP) is 2.70. The van der Waals surface area contributed by atoms with Gasteiger partial charge < -0.3 is 15.2 Å². The molecule has 1 saturated carbocycles. The number of aliphatic hydroxyl groups excluding tert-OH is 1. The molecule has 1 aliphatic rings. The number of hydrogen-bond acceptors (Lipinski definition) is 3. The molecule has 3 nitrogen and oxygen atoms in total. The van der Waals surface area contributed by atoms with Crippen LogP contribution in [-0.4, -0.2) is 30.5 Å². The number of nitrogens with one attached hydrogen (secondary N) is 1. The number of halogens is 1. The summed E-state index contributed by atoms with van der Waals surface area (Å²) in [7, 11) is 0. The van der Waals surface area contributed by atoms with Crippen LogP contribution in [0.2, 0.25) is 5.02 Å². The van der Waals surface area contributed by atoms with Crippen molar-refractivity contribution in [1.82, 2.24) is 5.32 Å². The summed E-state index contributed by atoms with van der Waals surface area (Å²) in [6.07, 6.45) is 1.90. The fraction of sp³-hybridized carbons (Fsp3) is 0.600. The zero-order chi connectivity index (χ0) is 13.9. The maximum atomic E-state index is 9.87. The highest BCUT2D eigenvalue weighted by Gasteiger charge is 2.43. The van der Waals surface area contributed by atoms with E-state index in [9.17, 15) is 5.11 Å². The van der Waals surface area contributed by atoms with Crippen LogP contribution in [0.25, 0.3) is 0 Å². The van der Waals surface area contributed by atoms with Crippen LogP contribution in [0.1, 0.15) is 32.3 Å². The first-order valence-electron chi connectivity index (χ1n) is 6.82. The summed E-state index contributed by atoms with van der Waals surface area (Å²) in [5.41, 5.74) is 1.28. The van der Waals surface area contributed by atoms with Gasteiger partial charge in [-0.3, -0.25) is 0 Å². The Bertz CT molecular complexity index is 401. The molecule has 1 atom stereocenters. The zero-order valence-electron chi connectivity index (χ0n) is 11.5. The van der Waals surface area contributed by atoms with Crippen molar-refractivity contribution in [2.24, 2.45) is 0 Å². The molecular formula is C15H22ClNO2. The summed E-state index contributed by atoms with van der Waals surface area (Å²) in [6.45, 7) is 4.86. The van der Waals surface area contributed by atoms with Gasteiger partial charge in [-0.25, -0.2) is 0 Å². The van der Waals surface area contributed by atoms with Crippen LogP contribution >= 0.6 is 11.6 Å². The summed E-state index contributed by atoms with van der Waals surface area (Å²) < 4.78 is 5.40. The summed E-state index contributed by atoms with van der Waals surface area (Å²) in [5.74, 6) is 0. The van der Waals surface area contributed by atoms with Crippen LogP contribution in [0.3, 0.4) is 0 Å².